The SMILES string of the molecule is N=C(N)N(CC=Cc1ccccc1)c1ccc2c3c(cccc13)CC2. The van der Waals surface area contributed by atoms with Gasteiger partial charge in [0.15, 0.2) is 5.96 Å². The third-order valence-corrected chi connectivity index (χ3v) is 4.83. The van der Waals surface area contributed by atoms with Gasteiger partial charge in [-0.2, -0.15) is 0 Å². The molecule has 0 saturated heterocycles. The summed E-state index contributed by atoms with van der Waals surface area (Å²) < 4.78 is 0. The van der Waals surface area contributed by atoms with E-state index in [1.165, 1.54) is 21.9 Å². The van der Waals surface area contributed by atoms with Crippen molar-refractivity contribution in [3.8, 4) is 0 Å². The summed E-state index contributed by atoms with van der Waals surface area (Å²) in [5.74, 6) is 0.0661. The molecule has 3 aromatic carbocycles. The lowest BCUT2D eigenvalue weighted by atomic mass is 10.0. The van der Waals surface area contributed by atoms with E-state index in [0.29, 0.717) is 6.54 Å². The fourth-order valence-corrected chi connectivity index (χ4v) is 3.65. The maximum Gasteiger partial charge on any atom is 0.193 e. The summed E-state index contributed by atoms with van der Waals surface area (Å²) in [4.78, 5) is 1.86. The predicted octanol–water partition coefficient (Wildman–Crippen LogP) is 4.35. The second kappa shape index (κ2) is 6.44. The quantitative estimate of drug-likeness (QED) is 0.553. The molecule has 1 aliphatic carbocycles. The average Bonchev–Trinajstić information content (AvgIpc) is 3.05. The van der Waals surface area contributed by atoms with Crippen LogP contribution in [0.5, 0.6) is 0 Å². The van der Waals surface area contributed by atoms with Crippen LogP contribution < -0.4 is 10.6 Å². The van der Waals surface area contributed by atoms with Gasteiger partial charge in [-0.05, 0) is 41.0 Å². The molecule has 0 saturated carbocycles. The normalized spacial score (nSPS) is 12.8. The van der Waals surface area contributed by atoms with Gasteiger partial charge in [-0.25, -0.2) is 0 Å². The number of benzene rings is 3. The number of hydrogen-bond acceptors (Lipinski definition) is 1. The van der Waals surface area contributed by atoms with Crippen molar-refractivity contribution in [2.24, 2.45) is 5.73 Å². The highest BCUT2D eigenvalue weighted by Gasteiger charge is 2.19. The van der Waals surface area contributed by atoms with E-state index in [-0.39, 0.29) is 5.96 Å². The molecule has 25 heavy (non-hydrogen) atoms. The Bertz CT molecular complexity index is 947. The summed E-state index contributed by atoms with van der Waals surface area (Å²) in [6.07, 6.45) is 6.32. The summed E-state index contributed by atoms with van der Waals surface area (Å²) >= 11 is 0. The molecule has 0 bridgehead atoms. The fourth-order valence-electron chi connectivity index (χ4n) is 3.65. The minimum atomic E-state index is 0.0661. The first-order chi connectivity index (χ1) is 12.2. The van der Waals surface area contributed by atoms with Gasteiger partial charge in [0.2, 0.25) is 0 Å². The first-order valence-electron chi connectivity index (χ1n) is 8.60. The van der Waals surface area contributed by atoms with Gasteiger partial charge in [-0.1, -0.05) is 66.7 Å². The summed E-state index contributed by atoms with van der Waals surface area (Å²) in [6, 6.07) is 20.9. The topological polar surface area (TPSA) is 53.1 Å². The van der Waals surface area contributed by atoms with Crippen LogP contribution in [0.15, 0.2) is 66.7 Å². The number of guanidine groups is 1. The lowest BCUT2D eigenvalue weighted by molar-refractivity contribution is 1.02. The Kier molecular flexibility index (Phi) is 3.98. The molecule has 4 rings (SSSR count). The van der Waals surface area contributed by atoms with Crippen LogP contribution in [0.4, 0.5) is 5.69 Å². The monoisotopic (exact) mass is 327 g/mol. The Balaban J connectivity index is 1.69. The highest BCUT2D eigenvalue weighted by molar-refractivity contribution is 6.06. The first kappa shape index (κ1) is 15.5. The molecule has 0 atom stereocenters. The fraction of sp³-hybridized carbons (Fsp3) is 0.136. The van der Waals surface area contributed by atoms with Crippen molar-refractivity contribution in [3.63, 3.8) is 0 Å². The zero-order chi connectivity index (χ0) is 17.2. The Hall–Kier alpha value is -3.07. The largest absolute Gasteiger partial charge is 0.370 e. The molecule has 0 heterocycles. The van der Waals surface area contributed by atoms with Crippen molar-refractivity contribution in [1.29, 1.82) is 5.41 Å². The lowest BCUT2D eigenvalue weighted by Gasteiger charge is -2.23. The van der Waals surface area contributed by atoms with Gasteiger partial charge in [0.05, 0.1) is 5.69 Å². The highest BCUT2D eigenvalue weighted by atomic mass is 15.2. The molecule has 0 aliphatic heterocycles. The predicted molar refractivity (Wildman–Crippen MR) is 106 cm³/mol. The van der Waals surface area contributed by atoms with Crippen LogP contribution in [0.25, 0.3) is 16.8 Å². The van der Waals surface area contributed by atoms with Crippen LogP contribution in [-0.2, 0) is 12.8 Å². The molecule has 3 N–H and O–H groups in total. The minimum absolute atomic E-state index is 0.0661. The van der Waals surface area contributed by atoms with Crippen LogP contribution in [0.3, 0.4) is 0 Å². The van der Waals surface area contributed by atoms with Crippen LogP contribution >= 0.6 is 0 Å². The van der Waals surface area contributed by atoms with Gasteiger partial charge >= 0.3 is 0 Å². The Labute approximate surface area is 147 Å². The standard InChI is InChI=1S/C22H21N3/c23-22(24)25(15-5-8-16-6-2-1-3-7-16)20-14-13-18-12-11-17-9-4-10-19(20)21(17)18/h1-10,13-14H,11-12,15H2,(H3,23,24). The van der Waals surface area contributed by atoms with E-state index >= 15 is 0 Å². The molecular weight excluding hydrogens is 306 g/mol. The number of hydrogen-bond donors (Lipinski definition) is 2. The van der Waals surface area contributed by atoms with Crippen molar-refractivity contribution < 1.29 is 0 Å². The van der Waals surface area contributed by atoms with Crippen molar-refractivity contribution in [2.75, 3.05) is 11.4 Å². The molecule has 0 aromatic heterocycles. The van der Waals surface area contributed by atoms with E-state index in [2.05, 4.69) is 54.6 Å². The summed E-state index contributed by atoms with van der Waals surface area (Å²) in [5.41, 5.74) is 10.9. The number of rotatable bonds is 4. The minimum Gasteiger partial charge on any atom is -0.370 e. The molecule has 3 aromatic rings. The first-order valence-corrected chi connectivity index (χ1v) is 8.60. The molecular formula is C22H21N3. The Morgan fingerprint density at radius 1 is 0.960 bits per heavy atom. The number of nitrogens with one attached hydrogen (secondary N) is 1. The van der Waals surface area contributed by atoms with E-state index in [1.807, 2.05) is 23.1 Å². The molecule has 124 valence electrons. The molecule has 0 spiro atoms. The van der Waals surface area contributed by atoms with Crippen molar-refractivity contribution in [2.45, 2.75) is 12.8 Å². The Morgan fingerprint density at radius 3 is 2.48 bits per heavy atom. The summed E-state index contributed by atoms with van der Waals surface area (Å²) in [7, 11) is 0. The van der Waals surface area contributed by atoms with Crippen molar-refractivity contribution in [1.82, 2.24) is 0 Å². The second-order valence-electron chi connectivity index (χ2n) is 6.39. The maximum absolute atomic E-state index is 8.04. The molecule has 0 fully saturated rings. The van der Waals surface area contributed by atoms with Gasteiger partial charge in [0.25, 0.3) is 0 Å². The molecule has 0 radical (unpaired) electrons. The van der Waals surface area contributed by atoms with Crippen LogP contribution in [0.1, 0.15) is 16.7 Å². The third-order valence-electron chi connectivity index (χ3n) is 4.83. The zero-order valence-corrected chi connectivity index (χ0v) is 14.1. The number of nitrogens with two attached hydrogens (primary N) is 1. The van der Waals surface area contributed by atoms with Crippen LogP contribution in [0, 0.1) is 5.41 Å². The van der Waals surface area contributed by atoms with Crippen molar-refractivity contribution >= 4 is 28.5 Å². The van der Waals surface area contributed by atoms with Gasteiger partial charge in [-0.3, -0.25) is 5.41 Å². The smallest absolute Gasteiger partial charge is 0.193 e. The van der Waals surface area contributed by atoms with E-state index < -0.39 is 0 Å². The highest BCUT2D eigenvalue weighted by Crippen LogP contribution is 2.36. The van der Waals surface area contributed by atoms with E-state index in [1.54, 1.807) is 0 Å². The maximum atomic E-state index is 8.04. The number of nitrogens with zero attached hydrogens (tertiary/aromatic N) is 1. The van der Waals surface area contributed by atoms with E-state index in [9.17, 15) is 0 Å². The Morgan fingerprint density at radius 2 is 1.72 bits per heavy atom. The van der Waals surface area contributed by atoms with Gasteiger partial charge in [-0.15, -0.1) is 0 Å². The number of aryl methyl sites for hydroxylation is 2. The second-order valence-corrected chi connectivity index (χ2v) is 6.39. The van der Waals surface area contributed by atoms with Crippen LogP contribution in [0.2, 0.25) is 0 Å². The van der Waals surface area contributed by atoms with Gasteiger partial charge in [0.1, 0.15) is 0 Å². The van der Waals surface area contributed by atoms with E-state index in [4.69, 9.17) is 11.1 Å². The number of anilines is 1. The molecule has 3 heteroatoms. The lowest BCUT2D eigenvalue weighted by Crippen LogP contribution is -2.36. The van der Waals surface area contributed by atoms with Gasteiger partial charge < -0.3 is 10.6 Å². The van der Waals surface area contributed by atoms with Crippen LogP contribution in [-0.4, -0.2) is 12.5 Å². The van der Waals surface area contributed by atoms with Gasteiger partial charge in [0, 0.05) is 11.9 Å². The van der Waals surface area contributed by atoms with E-state index in [0.717, 1.165) is 24.1 Å². The zero-order valence-electron chi connectivity index (χ0n) is 14.1. The molecule has 1 aliphatic rings. The summed E-state index contributed by atoms with van der Waals surface area (Å²) in [6.45, 7) is 0.572. The van der Waals surface area contributed by atoms with Crippen molar-refractivity contribution in [3.05, 3.63) is 83.4 Å². The average molecular weight is 327 g/mol. The molecule has 0 amide bonds. The summed E-state index contributed by atoms with van der Waals surface area (Å²) in [5, 5.41) is 10.6. The molecule has 3 nitrogen and oxygen atoms in total. The molecule has 0 unspecified atom stereocenters. The third kappa shape index (κ3) is 2.89.